The summed E-state index contributed by atoms with van der Waals surface area (Å²) < 4.78 is 0. The van der Waals surface area contributed by atoms with Crippen molar-refractivity contribution in [1.29, 1.82) is 0 Å². The Labute approximate surface area is 132 Å². The van der Waals surface area contributed by atoms with Gasteiger partial charge in [0, 0.05) is 19.5 Å². The van der Waals surface area contributed by atoms with Crippen molar-refractivity contribution in [2.75, 3.05) is 13.1 Å². The van der Waals surface area contributed by atoms with Crippen molar-refractivity contribution in [3.63, 3.8) is 0 Å². The zero-order chi connectivity index (χ0) is 16.3. The van der Waals surface area contributed by atoms with Gasteiger partial charge in [-0.3, -0.25) is 4.79 Å². The lowest BCUT2D eigenvalue weighted by Gasteiger charge is -2.48. The van der Waals surface area contributed by atoms with Crippen molar-refractivity contribution in [2.24, 2.45) is 16.2 Å². The Kier molecular flexibility index (Phi) is 5.91. The Bertz CT molecular complexity index is 338. The molecule has 1 amide bonds. The molecule has 0 unspecified atom stereocenters. The van der Waals surface area contributed by atoms with Crippen LogP contribution in [-0.2, 0) is 4.79 Å². The van der Waals surface area contributed by atoms with Gasteiger partial charge in [-0.25, -0.2) is 0 Å². The summed E-state index contributed by atoms with van der Waals surface area (Å²) in [6, 6.07) is 0. The molecule has 2 nitrogen and oxygen atoms in total. The van der Waals surface area contributed by atoms with Crippen LogP contribution in [0, 0.1) is 16.2 Å². The molecule has 0 aromatic heterocycles. The maximum absolute atomic E-state index is 12.3. The van der Waals surface area contributed by atoms with Gasteiger partial charge in [-0.05, 0) is 41.9 Å². The van der Waals surface area contributed by atoms with E-state index in [1.54, 1.807) is 0 Å². The molecule has 0 radical (unpaired) electrons. The largest absolute Gasteiger partial charge is 0.343 e. The van der Waals surface area contributed by atoms with Crippen LogP contribution in [0.1, 0.15) is 87.0 Å². The Morgan fingerprint density at radius 1 is 1.00 bits per heavy atom. The van der Waals surface area contributed by atoms with Crippen molar-refractivity contribution in [2.45, 2.75) is 87.0 Å². The molecular formula is C19H37NO. The maximum atomic E-state index is 12.3. The first kappa shape index (κ1) is 18.5. The summed E-state index contributed by atoms with van der Waals surface area (Å²) in [6.07, 6.45) is 6.45. The van der Waals surface area contributed by atoms with E-state index in [9.17, 15) is 4.79 Å². The van der Waals surface area contributed by atoms with E-state index in [0.29, 0.717) is 22.2 Å². The van der Waals surface area contributed by atoms with Crippen LogP contribution in [0.4, 0.5) is 0 Å². The second-order valence-corrected chi connectivity index (χ2v) is 9.46. The summed E-state index contributed by atoms with van der Waals surface area (Å²) in [5.41, 5.74) is 1.09. The molecule has 1 fully saturated rings. The number of unbranched alkanes of at least 4 members (excludes halogenated alkanes) is 1. The third-order valence-electron chi connectivity index (χ3n) is 5.60. The predicted octanol–water partition coefficient (Wildman–Crippen LogP) is 5.27. The molecule has 0 spiro atoms. The highest BCUT2D eigenvalue weighted by Gasteiger charge is 2.40. The molecular weight excluding hydrogens is 258 g/mol. The first-order valence-corrected chi connectivity index (χ1v) is 8.72. The smallest absolute Gasteiger partial charge is 0.222 e. The number of likely N-dealkylation sites (tertiary alicyclic amines) is 1. The average Bonchev–Trinajstić information content (AvgIpc) is 2.33. The third-order valence-corrected chi connectivity index (χ3v) is 5.60. The van der Waals surface area contributed by atoms with Crippen LogP contribution >= 0.6 is 0 Å². The lowest BCUT2D eigenvalue weighted by molar-refractivity contribution is -0.134. The van der Waals surface area contributed by atoms with Crippen molar-refractivity contribution < 1.29 is 4.79 Å². The van der Waals surface area contributed by atoms with Gasteiger partial charge in [0.25, 0.3) is 0 Å². The first-order valence-electron chi connectivity index (χ1n) is 8.72. The van der Waals surface area contributed by atoms with Gasteiger partial charge in [-0.15, -0.1) is 0 Å². The number of nitrogens with zero attached hydrogens (tertiary/aromatic N) is 1. The number of carbonyl (C=O) groups excluding carboxylic acids is 1. The van der Waals surface area contributed by atoms with E-state index in [4.69, 9.17) is 0 Å². The van der Waals surface area contributed by atoms with Gasteiger partial charge in [0.05, 0.1) is 0 Å². The summed E-state index contributed by atoms with van der Waals surface area (Å²) in [6.45, 7) is 18.1. The molecule has 1 saturated heterocycles. The lowest BCUT2D eigenvalue weighted by Crippen LogP contribution is -2.46. The molecule has 1 heterocycles. The minimum Gasteiger partial charge on any atom is -0.343 e. The highest BCUT2D eigenvalue weighted by Crippen LogP contribution is 2.46. The Morgan fingerprint density at radius 3 is 1.95 bits per heavy atom. The highest BCUT2D eigenvalue weighted by atomic mass is 16.2. The minimum absolute atomic E-state index is 0.328. The van der Waals surface area contributed by atoms with Gasteiger partial charge < -0.3 is 4.90 Å². The van der Waals surface area contributed by atoms with E-state index >= 15 is 0 Å². The van der Waals surface area contributed by atoms with Crippen LogP contribution in [0.15, 0.2) is 0 Å². The average molecular weight is 296 g/mol. The molecule has 0 N–H and O–H groups in total. The molecule has 21 heavy (non-hydrogen) atoms. The molecule has 1 rings (SSSR count). The second kappa shape index (κ2) is 6.71. The summed E-state index contributed by atoms with van der Waals surface area (Å²) in [4.78, 5) is 14.4. The fourth-order valence-corrected chi connectivity index (χ4v) is 3.09. The van der Waals surface area contributed by atoms with Gasteiger partial charge in [0.2, 0.25) is 5.91 Å². The van der Waals surface area contributed by atoms with Gasteiger partial charge in [0.15, 0.2) is 0 Å². The molecule has 0 bridgehead atoms. The van der Waals surface area contributed by atoms with Crippen LogP contribution < -0.4 is 0 Å². The lowest BCUT2D eigenvalue weighted by atomic mass is 9.63. The van der Waals surface area contributed by atoms with Gasteiger partial charge >= 0.3 is 0 Å². The van der Waals surface area contributed by atoms with Crippen molar-refractivity contribution >= 4 is 5.91 Å². The van der Waals surface area contributed by atoms with Crippen molar-refractivity contribution in [3.8, 4) is 0 Å². The summed E-state index contributed by atoms with van der Waals surface area (Å²) >= 11 is 0. The normalized spacial score (nSPS) is 19.7. The molecule has 2 heteroatoms. The standard InChI is InChI=1S/C19H37NO/c1-17(2,3)11-9-8-10-16(21)20-14-12-19(7,13-15-20)18(4,5)6/h8-15H2,1-7H3. The molecule has 0 saturated carbocycles. The van der Waals surface area contributed by atoms with Crippen LogP contribution in [0.2, 0.25) is 0 Å². The zero-order valence-corrected chi connectivity index (χ0v) is 15.5. The van der Waals surface area contributed by atoms with Gasteiger partial charge in [-0.1, -0.05) is 54.9 Å². The van der Waals surface area contributed by atoms with Crippen molar-refractivity contribution in [1.82, 2.24) is 4.90 Å². The Balaban J connectivity index is 2.33. The van der Waals surface area contributed by atoms with E-state index in [2.05, 4.69) is 53.4 Å². The quantitative estimate of drug-likeness (QED) is 0.647. The van der Waals surface area contributed by atoms with Crippen LogP contribution in [0.5, 0.6) is 0 Å². The maximum Gasteiger partial charge on any atom is 0.222 e. The number of hydrogen-bond donors (Lipinski definition) is 0. The Morgan fingerprint density at radius 2 is 1.52 bits per heavy atom. The van der Waals surface area contributed by atoms with Crippen LogP contribution in [0.25, 0.3) is 0 Å². The van der Waals surface area contributed by atoms with E-state index in [-0.39, 0.29) is 0 Å². The predicted molar refractivity (Wildman–Crippen MR) is 91.3 cm³/mol. The summed E-state index contributed by atoms with van der Waals surface area (Å²) in [5.74, 6) is 0.375. The fraction of sp³-hybridized carbons (Fsp3) is 0.947. The number of carbonyl (C=O) groups is 1. The molecule has 1 aliphatic rings. The van der Waals surface area contributed by atoms with E-state index in [1.807, 2.05) is 0 Å². The van der Waals surface area contributed by atoms with E-state index in [0.717, 1.165) is 38.8 Å². The number of rotatable bonds is 4. The third kappa shape index (κ3) is 5.64. The zero-order valence-electron chi connectivity index (χ0n) is 15.5. The molecule has 0 atom stereocenters. The summed E-state index contributed by atoms with van der Waals surface area (Å²) in [7, 11) is 0. The van der Waals surface area contributed by atoms with Gasteiger partial charge in [-0.2, -0.15) is 0 Å². The minimum atomic E-state index is 0.328. The Hall–Kier alpha value is -0.530. The molecule has 0 aromatic carbocycles. The number of piperidine rings is 1. The molecule has 1 aliphatic heterocycles. The molecule has 0 aliphatic carbocycles. The van der Waals surface area contributed by atoms with Crippen LogP contribution in [-0.4, -0.2) is 23.9 Å². The second-order valence-electron chi connectivity index (χ2n) is 9.46. The number of amides is 1. The molecule has 0 aromatic rings. The fourth-order valence-electron chi connectivity index (χ4n) is 3.09. The number of hydrogen-bond acceptors (Lipinski definition) is 1. The summed E-state index contributed by atoms with van der Waals surface area (Å²) in [5, 5.41) is 0. The molecule has 124 valence electrons. The monoisotopic (exact) mass is 295 g/mol. The van der Waals surface area contributed by atoms with E-state index in [1.165, 1.54) is 12.8 Å². The highest BCUT2D eigenvalue weighted by molar-refractivity contribution is 5.76. The first-order chi connectivity index (χ1) is 9.45. The topological polar surface area (TPSA) is 20.3 Å². The van der Waals surface area contributed by atoms with Crippen molar-refractivity contribution in [3.05, 3.63) is 0 Å². The van der Waals surface area contributed by atoms with Crippen LogP contribution in [0.3, 0.4) is 0 Å². The van der Waals surface area contributed by atoms with Gasteiger partial charge in [0.1, 0.15) is 0 Å². The van der Waals surface area contributed by atoms with E-state index < -0.39 is 0 Å². The SMILES string of the molecule is CC(C)(C)CCCCC(=O)N1CCC(C)(C(C)(C)C)CC1.